The van der Waals surface area contributed by atoms with E-state index < -0.39 is 14.6 Å². The van der Waals surface area contributed by atoms with Gasteiger partial charge in [-0.1, -0.05) is 24.3 Å². The number of nitrogens with one attached hydrogen (secondary N) is 1. The first-order chi connectivity index (χ1) is 17.6. The van der Waals surface area contributed by atoms with E-state index >= 15 is 0 Å². The van der Waals surface area contributed by atoms with E-state index in [4.69, 9.17) is 9.72 Å². The highest BCUT2D eigenvalue weighted by Crippen LogP contribution is 2.23. The summed E-state index contributed by atoms with van der Waals surface area (Å²) in [6, 6.07) is 15.6. The van der Waals surface area contributed by atoms with E-state index in [9.17, 15) is 8.42 Å². The summed E-state index contributed by atoms with van der Waals surface area (Å²) < 4.78 is 30.4. The minimum atomic E-state index is -3.25. The molecule has 0 atom stereocenters. The Balaban J connectivity index is 1.38. The molecule has 0 spiro atoms. The monoisotopic (exact) mass is 522 g/mol. The van der Waals surface area contributed by atoms with Gasteiger partial charge in [-0.15, -0.1) is 0 Å². The van der Waals surface area contributed by atoms with Crippen molar-refractivity contribution in [3.05, 3.63) is 77.1 Å². The Morgan fingerprint density at radius 1 is 1.03 bits per heavy atom. The number of hydrogen-bond acceptors (Lipinski definition) is 7. The first-order valence-electron chi connectivity index (χ1n) is 12.9. The smallest absolute Gasteiger partial charge is 0.227 e. The highest BCUT2D eigenvalue weighted by molar-refractivity contribution is 7.91. The van der Waals surface area contributed by atoms with Crippen molar-refractivity contribution in [2.45, 2.75) is 57.5 Å². The summed E-state index contributed by atoms with van der Waals surface area (Å²) >= 11 is 0. The zero-order chi connectivity index (χ0) is 26.5. The van der Waals surface area contributed by atoms with Crippen LogP contribution in [-0.2, 0) is 22.0 Å². The van der Waals surface area contributed by atoms with E-state index in [1.165, 1.54) is 25.9 Å². The van der Waals surface area contributed by atoms with Crippen LogP contribution in [0.1, 0.15) is 56.0 Å². The lowest BCUT2D eigenvalue weighted by Gasteiger charge is -2.19. The maximum Gasteiger partial charge on any atom is 0.227 e. The molecule has 0 saturated carbocycles. The van der Waals surface area contributed by atoms with Crippen molar-refractivity contribution in [2.24, 2.45) is 0 Å². The summed E-state index contributed by atoms with van der Waals surface area (Å²) in [4.78, 5) is 11.6. The Bertz CT molecular complexity index is 1300. The minimum absolute atomic E-state index is 0.0257. The predicted molar refractivity (Wildman–Crippen MR) is 149 cm³/mol. The lowest BCUT2D eigenvalue weighted by Crippen LogP contribution is -2.29. The molecule has 2 aromatic carbocycles. The number of aryl methyl sites for hydroxylation is 1. The van der Waals surface area contributed by atoms with Gasteiger partial charge in [-0.05, 0) is 94.6 Å². The van der Waals surface area contributed by atoms with Crippen LogP contribution in [0.3, 0.4) is 0 Å². The van der Waals surface area contributed by atoms with E-state index in [0.29, 0.717) is 19.0 Å². The Labute approximate surface area is 221 Å². The molecule has 1 aliphatic rings. The van der Waals surface area contributed by atoms with Crippen LogP contribution < -0.4 is 10.1 Å². The van der Waals surface area contributed by atoms with E-state index in [-0.39, 0.29) is 5.75 Å². The van der Waals surface area contributed by atoms with Crippen LogP contribution in [0.4, 0.5) is 11.6 Å². The van der Waals surface area contributed by atoms with E-state index in [1.54, 1.807) is 20.8 Å². The summed E-state index contributed by atoms with van der Waals surface area (Å²) in [5.74, 6) is 1.40. The fraction of sp³-hybridized carbons (Fsp3) is 0.448. The van der Waals surface area contributed by atoms with Gasteiger partial charge in [0.25, 0.3) is 0 Å². The van der Waals surface area contributed by atoms with Gasteiger partial charge >= 0.3 is 0 Å². The van der Waals surface area contributed by atoms with Crippen LogP contribution in [-0.4, -0.2) is 54.3 Å². The van der Waals surface area contributed by atoms with E-state index in [1.807, 2.05) is 61.7 Å². The molecule has 1 aromatic heterocycles. The Hall–Kier alpha value is -2.97. The minimum Gasteiger partial charge on any atom is -0.492 e. The average molecular weight is 523 g/mol. The molecule has 1 N–H and O–H groups in total. The molecule has 1 saturated heterocycles. The van der Waals surface area contributed by atoms with Crippen LogP contribution in [0.25, 0.3) is 0 Å². The van der Waals surface area contributed by atoms with Gasteiger partial charge in [-0.2, -0.15) is 0 Å². The van der Waals surface area contributed by atoms with Crippen molar-refractivity contribution in [2.75, 3.05) is 31.6 Å². The van der Waals surface area contributed by atoms with Gasteiger partial charge in [-0.25, -0.2) is 18.4 Å². The lowest BCUT2D eigenvalue weighted by atomic mass is 10.0. The fourth-order valence-electron chi connectivity index (χ4n) is 4.24. The van der Waals surface area contributed by atoms with Crippen molar-refractivity contribution >= 4 is 21.5 Å². The highest BCUT2D eigenvalue weighted by Gasteiger charge is 2.29. The zero-order valence-electron chi connectivity index (χ0n) is 22.3. The number of benzene rings is 2. The molecular formula is C29H38N4O3S. The largest absolute Gasteiger partial charge is 0.492 e. The molecular weight excluding hydrogens is 484 g/mol. The normalized spacial score (nSPS) is 14.6. The number of hydrogen-bond donors (Lipinski definition) is 1. The molecule has 0 bridgehead atoms. The Morgan fingerprint density at radius 3 is 2.43 bits per heavy atom. The maximum atomic E-state index is 12.7. The van der Waals surface area contributed by atoms with Gasteiger partial charge in [0.2, 0.25) is 5.95 Å². The van der Waals surface area contributed by atoms with Crippen LogP contribution in [0, 0.1) is 6.92 Å². The molecule has 7 nitrogen and oxygen atoms in total. The van der Waals surface area contributed by atoms with Crippen LogP contribution in [0.15, 0.2) is 54.7 Å². The molecule has 1 aliphatic heterocycles. The molecule has 0 unspecified atom stereocenters. The lowest BCUT2D eigenvalue weighted by molar-refractivity contribution is 0.238. The van der Waals surface area contributed by atoms with Crippen molar-refractivity contribution < 1.29 is 13.2 Å². The molecule has 0 aliphatic carbocycles. The third-order valence-corrected chi connectivity index (χ3v) is 9.29. The number of rotatable bonds is 10. The molecule has 4 rings (SSSR count). The molecule has 0 radical (unpaired) electrons. The van der Waals surface area contributed by atoms with Crippen molar-refractivity contribution in [1.29, 1.82) is 0 Å². The molecule has 198 valence electrons. The summed E-state index contributed by atoms with van der Waals surface area (Å²) in [6.45, 7) is 11.2. The zero-order valence-corrected chi connectivity index (χ0v) is 23.1. The van der Waals surface area contributed by atoms with E-state index in [0.717, 1.165) is 40.4 Å². The summed E-state index contributed by atoms with van der Waals surface area (Å²) in [5.41, 5.74) is 4.58. The number of nitrogens with zero attached hydrogens (tertiary/aromatic N) is 3. The maximum absolute atomic E-state index is 12.7. The molecule has 0 amide bonds. The molecule has 1 fully saturated rings. The second-order valence-electron chi connectivity index (χ2n) is 10.7. The fourth-order valence-corrected chi connectivity index (χ4v) is 5.29. The van der Waals surface area contributed by atoms with Gasteiger partial charge in [-0.3, -0.25) is 4.90 Å². The van der Waals surface area contributed by atoms with E-state index in [2.05, 4.69) is 15.2 Å². The van der Waals surface area contributed by atoms with Crippen molar-refractivity contribution in [3.63, 3.8) is 0 Å². The Kier molecular flexibility index (Phi) is 8.49. The Morgan fingerprint density at radius 2 is 1.73 bits per heavy atom. The van der Waals surface area contributed by atoms with Gasteiger partial charge in [0.15, 0.2) is 9.84 Å². The summed E-state index contributed by atoms with van der Waals surface area (Å²) in [7, 11) is -3.25. The highest BCUT2D eigenvalue weighted by atomic mass is 32.2. The van der Waals surface area contributed by atoms with Crippen molar-refractivity contribution in [3.8, 4) is 5.75 Å². The number of anilines is 2. The first-order valence-corrected chi connectivity index (χ1v) is 14.6. The third kappa shape index (κ3) is 7.52. The van der Waals surface area contributed by atoms with Gasteiger partial charge in [0, 0.05) is 24.8 Å². The van der Waals surface area contributed by atoms with Crippen molar-refractivity contribution in [1.82, 2.24) is 14.9 Å². The molecule has 8 heteroatoms. The van der Waals surface area contributed by atoms with Gasteiger partial charge in [0.05, 0.1) is 16.2 Å². The number of aromatic nitrogens is 2. The second-order valence-corrected chi connectivity index (χ2v) is 13.5. The predicted octanol–water partition coefficient (Wildman–Crippen LogP) is 5.31. The van der Waals surface area contributed by atoms with Crippen LogP contribution in [0.5, 0.6) is 5.75 Å². The van der Waals surface area contributed by atoms with Gasteiger partial charge in [0.1, 0.15) is 12.4 Å². The number of sulfone groups is 1. The number of likely N-dealkylation sites (tertiary alicyclic amines) is 1. The molecule has 37 heavy (non-hydrogen) atoms. The van der Waals surface area contributed by atoms with Crippen LogP contribution >= 0.6 is 0 Å². The topological polar surface area (TPSA) is 84.4 Å². The second kappa shape index (κ2) is 11.6. The van der Waals surface area contributed by atoms with Crippen LogP contribution in [0.2, 0.25) is 0 Å². The standard InChI is InChI=1S/C29H38N4O3S/c1-22-20-30-28(31-25-10-12-26(13-11-25)36-17-16-33-14-5-6-15-33)32-27(22)19-23-8-7-9-24(18-23)21-37(34,35)29(2,3)4/h7-13,18,20H,5-6,14-17,19,21H2,1-4H3,(H,30,31,32). The first kappa shape index (κ1) is 27.1. The summed E-state index contributed by atoms with van der Waals surface area (Å²) in [6.07, 6.45) is 4.99. The molecule has 2 heterocycles. The van der Waals surface area contributed by atoms with Gasteiger partial charge < -0.3 is 10.1 Å². The third-order valence-electron chi connectivity index (χ3n) is 6.71. The quantitative estimate of drug-likeness (QED) is 0.386. The molecule has 3 aromatic rings. The summed E-state index contributed by atoms with van der Waals surface area (Å²) in [5, 5.41) is 3.28. The number of ether oxygens (including phenoxy) is 1. The SMILES string of the molecule is Cc1cnc(Nc2ccc(OCCN3CCCC3)cc2)nc1Cc1cccc(CS(=O)(=O)C(C)(C)C)c1. The average Bonchev–Trinajstić information content (AvgIpc) is 3.35.